The van der Waals surface area contributed by atoms with Gasteiger partial charge in [0.25, 0.3) is 11.8 Å². The minimum absolute atomic E-state index is 0.113. The van der Waals surface area contributed by atoms with Gasteiger partial charge < -0.3 is 9.64 Å². The van der Waals surface area contributed by atoms with Crippen LogP contribution in [0, 0.1) is 0 Å². The van der Waals surface area contributed by atoms with Gasteiger partial charge in [-0.25, -0.2) is 0 Å². The van der Waals surface area contributed by atoms with Gasteiger partial charge in [0, 0.05) is 17.5 Å². The Morgan fingerprint density at radius 2 is 1.55 bits per heavy atom. The number of hydrogen-bond donors (Lipinski definition) is 0. The number of fused-ring (bicyclic) bond motifs is 1. The van der Waals surface area contributed by atoms with Gasteiger partial charge in [0.2, 0.25) is 5.91 Å². The topological polar surface area (TPSA) is 84.0 Å². The Hall–Kier alpha value is -3.13. The molecule has 4 rings (SSSR count). The van der Waals surface area contributed by atoms with Crippen molar-refractivity contribution >= 4 is 35.5 Å². The van der Waals surface area contributed by atoms with Crippen LogP contribution in [0.5, 0.6) is 0 Å². The molecule has 1 fully saturated rings. The van der Waals surface area contributed by atoms with Crippen LogP contribution in [0.25, 0.3) is 0 Å². The molecule has 8 heteroatoms. The van der Waals surface area contributed by atoms with Crippen LogP contribution in [0.3, 0.4) is 0 Å². The number of esters is 1. The maximum absolute atomic E-state index is 13.6. The first-order chi connectivity index (χ1) is 15.7. The van der Waals surface area contributed by atoms with Gasteiger partial charge in [0.1, 0.15) is 18.2 Å². The number of ether oxygens (including phenoxy) is 1. The molecule has 2 atom stereocenters. The quantitative estimate of drug-likeness (QED) is 0.508. The van der Waals surface area contributed by atoms with E-state index in [4.69, 9.17) is 4.74 Å². The Kier molecular flexibility index (Phi) is 6.30. The Balaban J connectivity index is 1.64. The van der Waals surface area contributed by atoms with Gasteiger partial charge in [-0.2, -0.15) is 0 Å². The summed E-state index contributed by atoms with van der Waals surface area (Å²) in [5, 5.41) is -0.113. The highest BCUT2D eigenvalue weighted by Crippen LogP contribution is 2.36. The fourth-order valence-corrected chi connectivity index (χ4v) is 5.39. The summed E-state index contributed by atoms with van der Waals surface area (Å²) in [6.45, 7) is 5.31. The van der Waals surface area contributed by atoms with E-state index in [9.17, 15) is 19.2 Å². The maximum Gasteiger partial charge on any atom is 0.326 e. The first-order valence-electron chi connectivity index (χ1n) is 10.8. The number of carbonyl (C=O) groups excluding carboxylic acids is 4. The number of imide groups is 1. The molecule has 0 spiro atoms. The van der Waals surface area contributed by atoms with Crippen molar-refractivity contribution in [1.82, 2.24) is 9.80 Å². The number of carbonyl (C=O) groups is 4. The summed E-state index contributed by atoms with van der Waals surface area (Å²) in [7, 11) is 0. The monoisotopic (exact) mass is 466 g/mol. The largest absolute Gasteiger partial charge is 0.459 e. The van der Waals surface area contributed by atoms with Crippen molar-refractivity contribution in [3.63, 3.8) is 0 Å². The highest BCUT2D eigenvalue weighted by Gasteiger charge is 2.46. The van der Waals surface area contributed by atoms with Crippen LogP contribution in [0.2, 0.25) is 0 Å². The molecule has 2 aromatic carbocycles. The normalized spacial score (nSPS) is 21.1. The van der Waals surface area contributed by atoms with E-state index in [-0.39, 0.29) is 24.1 Å². The first kappa shape index (κ1) is 23.0. The highest BCUT2D eigenvalue weighted by molar-refractivity contribution is 7.99. The fraction of sp³-hybridized carbons (Fsp3) is 0.360. The summed E-state index contributed by atoms with van der Waals surface area (Å²) >= 11 is 1.50. The summed E-state index contributed by atoms with van der Waals surface area (Å²) in [5.41, 5.74) is 0.903. The smallest absolute Gasteiger partial charge is 0.326 e. The van der Waals surface area contributed by atoms with Crippen LogP contribution in [0.15, 0.2) is 54.6 Å². The predicted octanol–water partition coefficient (Wildman–Crippen LogP) is 3.31. The van der Waals surface area contributed by atoms with Crippen molar-refractivity contribution < 1.29 is 23.9 Å². The van der Waals surface area contributed by atoms with Gasteiger partial charge in [-0.3, -0.25) is 24.1 Å². The van der Waals surface area contributed by atoms with Gasteiger partial charge in [0.15, 0.2) is 0 Å². The molecule has 0 bridgehead atoms. The summed E-state index contributed by atoms with van der Waals surface area (Å²) in [6, 6.07) is 15.3. The molecule has 7 nitrogen and oxygen atoms in total. The van der Waals surface area contributed by atoms with Gasteiger partial charge in [-0.1, -0.05) is 42.5 Å². The molecule has 33 heavy (non-hydrogen) atoms. The second kappa shape index (κ2) is 9.02. The van der Waals surface area contributed by atoms with Crippen molar-refractivity contribution in [3.8, 4) is 0 Å². The van der Waals surface area contributed by atoms with Crippen molar-refractivity contribution in [1.29, 1.82) is 0 Å². The second-order valence-corrected chi connectivity index (χ2v) is 10.3. The maximum atomic E-state index is 13.6. The van der Waals surface area contributed by atoms with Crippen molar-refractivity contribution in [2.75, 3.05) is 18.8 Å². The van der Waals surface area contributed by atoms with E-state index in [2.05, 4.69) is 0 Å². The third-order valence-electron chi connectivity index (χ3n) is 5.49. The standard InChI is InChI=1S/C25H26N2O5S/c1-25(2,3)32-21(28)14-26-13-20(16-9-5-4-6-10-16)33-15-19(24(26)31)27-22(29)17-11-7-8-12-18(17)23(27)30/h4-12,19-20H,13-15H2,1-3H3. The molecule has 0 aliphatic carbocycles. The lowest BCUT2D eigenvalue weighted by molar-refractivity contribution is -0.159. The molecule has 2 aliphatic rings. The lowest BCUT2D eigenvalue weighted by atomic mass is 10.1. The molecule has 2 aromatic rings. The molecular weight excluding hydrogens is 440 g/mol. The van der Waals surface area contributed by atoms with Crippen LogP contribution in [-0.2, 0) is 14.3 Å². The Morgan fingerprint density at radius 1 is 0.970 bits per heavy atom. The van der Waals surface area contributed by atoms with Gasteiger partial charge in [-0.15, -0.1) is 11.8 Å². The van der Waals surface area contributed by atoms with E-state index >= 15 is 0 Å². The van der Waals surface area contributed by atoms with Crippen LogP contribution in [0.4, 0.5) is 0 Å². The average Bonchev–Trinajstić information content (AvgIpc) is 2.91. The number of thioether (sulfide) groups is 1. The summed E-state index contributed by atoms with van der Waals surface area (Å²) in [5.74, 6) is -1.68. The minimum Gasteiger partial charge on any atom is -0.459 e. The van der Waals surface area contributed by atoms with Crippen LogP contribution >= 0.6 is 11.8 Å². The lowest BCUT2D eigenvalue weighted by Gasteiger charge is -2.29. The van der Waals surface area contributed by atoms with E-state index in [1.807, 2.05) is 30.3 Å². The van der Waals surface area contributed by atoms with Crippen LogP contribution in [-0.4, -0.2) is 64.0 Å². The number of hydrogen-bond acceptors (Lipinski definition) is 6. The number of rotatable bonds is 4. The molecule has 0 saturated carbocycles. The zero-order chi connectivity index (χ0) is 23.8. The van der Waals surface area contributed by atoms with E-state index in [0.29, 0.717) is 11.1 Å². The fourth-order valence-electron chi connectivity index (χ4n) is 4.05. The molecule has 0 N–H and O–H groups in total. The van der Waals surface area contributed by atoms with Gasteiger partial charge in [0.05, 0.1) is 11.1 Å². The SMILES string of the molecule is CC(C)(C)OC(=O)CN1CC(c2ccccc2)SCC(N2C(=O)c3ccccc3C2=O)C1=O. The first-order valence-corrected chi connectivity index (χ1v) is 11.8. The Bertz CT molecular complexity index is 1060. The second-order valence-electron chi connectivity index (χ2n) is 9.08. The molecular formula is C25H26N2O5S. The van der Waals surface area contributed by atoms with E-state index in [1.54, 1.807) is 45.0 Å². The highest BCUT2D eigenvalue weighted by atomic mass is 32.2. The summed E-state index contributed by atoms with van der Waals surface area (Å²) in [4.78, 5) is 54.8. The minimum atomic E-state index is -1.00. The molecule has 2 aliphatic heterocycles. The molecule has 3 amide bonds. The lowest BCUT2D eigenvalue weighted by Crippen LogP contribution is -2.52. The molecule has 2 unspecified atom stereocenters. The third-order valence-corrected chi connectivity index (χ3v) is 6.82. The van der Waals surface area contributed by atoms with E-state index < -0.39 is 35.3 Å². The van der Waals surface area contributed by atoms with Crippen molar-refractivity contribution in [3.05, 3.63) is 71.3 Å². The van der Waals surface area contributed by atoms with Crippen molar-refractivity contribution in [2.45, 2.75) is 37.7 Å². The van der Waals surface area contributed by atoms with Crippen molar-refractivity contribution in [2.24, 2.45) is 0 Å². The molecule has 0 radical (unpaired) electrons. The third kappa shape index (κ3) is 4.80. The average molecular weight is 467 g/mol. The number of benzene rings is 2. The predicted molar refractivity (Wildman–Crippen MR) is 125 cm³/mol. The summed E-state index contributed by atoms with van der Waals surface area (Å²) < 4.78 is 5.44. The number of amides is 3. The summed E-state index contributed by atoms with van der Waals surface area (Å²) in [6.07, 6.45) is 0. The zero-order valence-electron chi connectivity index (χ0n) is 18.8. The van der Waals surface area contributed by atoms with Crippen LogP contribution < -0.4 is 0 Å². The molecule has 1 saturated heterocycles. The zero-order valence-corrected chi connectivity index (χ0v) is 19.6. The molecule has 172 valence electrons. The Morgan fingerprint density at radius 3 is 2.12 bits per heavy atom. The van der Waals surface area contributed by atoms with Gasteiger partial charge in [-0.05, 0) is 38.5 Å². The number of nitrogens with zero attached hydrogens (tertiary/aromatic N) is 2. The Labute approximate surface area is 197 Å². The van der Waals surface area contributed by atoms with E-state index in [1.165, 1.54) is 16.7 Å². The van der Waals surface area contributed by atoms with Crippen LogP contribution in [0.1, 0.15) is 52.3 Å². The molecule has 2 heterocycles. The molecule has 0 aromatic heterocycles. The van der Waals surface area contributed by atoms with Gasteiger partial charge >= 0.3 is 5.97 Å². The van der Waals surface area contributed by atoms with E-state index in [0.717, 1.165) is 10.5 Å².